The largest absolute Gasteiger partial charge is 0.444 e. The monoisotopic (exact) mass is 302 g/mol. The first kappa shape index (κ1) is 16.1. The highest BCUT2D eigenvalue weighted by molar-refractivity contribution is 5.69. The summed E-state index contributed by atoms with van der Waals surface area (Å²) < 4.78 is 5.41. The van der Waals surface area contributed by atoms with Gasteiger partial charge in [-0.15, -0.1) is 0 Å². The molecule has 0 N–H and O–H groups in total. The molecule has 0 saturated carbocycles. The van der Waals surface area contributed by atoms with E-state index in [-0.39, 0.29) is 12.1 Å². The van der Waals surface area contributed by atoms with Crippen molar-refractivity contribution in [3.8, 4) is 6.07 Å². The number of aromatic nitrogens is 1. The molecule has 1 fully saturated rings. The van der Waals surface area contributed by atoms with Crippen molar-refractivity contribution >= 4 is 11.9 Å². The Morgan fingerprint density at radius 1 is 1.45 bits per heavy atom. The minimum atomic E-state index is -0.494. The highest BCUT2D eigenvalue weighted by Gasteiger charge is 2.31. The van der Waals surface area contributed by atoms with E-state index in [2.05, 4.69) is 16.0 Å². The van der Waals surface area contributed by atoms with Gasteiger partial charge in [0.1, 0.15) is 17.5 Å². The fourth-order valence-corrected chi connectivity index (χ4v) is 2.48. The highest BCUT2D eigenvalue weighted by atomic mass is 16.6. The zero-order chi connectivity index (χ0) is 16.3. The van der Waals surface area contributed by atoms with E-state index < -0.39 is 5.60 Å². The second kappa shape index (κ2) is 6.22. The summed E-state index contributed by atoms with van der Waals surface area (Å²) in [5, 5.41) is 9.20. The number of carbonyl (C=O) groups is 1. The van der Waals surface area contributed by atoms with Crippen LogP contribution in [0, 0.1) is 11.3 Å². The molecule has 1 aromatic rings. The molecule has 0 spiro atoms. The first-order valence-corrected chi connectivity index (χ1v) is 7.41. The van der Waals surface area contributed by atoms with Crippen LogP contribution in [0.1, 0.15) is 33.3 Å². The fourth-order valence-electron chi connectivity index (χ4n) is 2.48. The van der Waals surface area contributed by atoms with Gasteiger partial charge in [-0.05, 0) is 39.8 Å². The lowest BCUT2D eigenvalue weighted by atomic mass is 10.1. The van der Waals surface area contributed by atoms with Crippen molar-refractivity contribution in [3.05, 3.63) is 23.9 Å². The van der Waals surface area contributed by atoms with Crippen molar-refractivity contribution in [1.82, 2.24) is 9.88 Å². The van der Waals surface area contributed by atoms with Crippen molar-refractivity contribution in [1.29, 1.82) is 5.26 Å². The number of hydrogen-bond acceptors (Lipinski definition) is 5. The molecular formula is C16H22N4O2. The van der Waals surface area contributed by atoms with Crippen molar-refractivity contribution in [2.45, 2.75) is 39.3 Å². The van der Waals surface area contributed by atoms with Crippen molar-refractivity contribution in [2.24, 2.45) is 0 Å². The predicted octanol–water partition coefficient (Wildman–Crippen LogP) is 2.40. The van der Waals surface area contributed by atoms with Crippen LogP contribution in [0.4, 0.5) is 10.6 Å². The van der Waals surface area contributed by atoms with Gasteiger partial charge in [-0.1, -0.05) is 0 Å². The van der Waals surface area contributed by atoms with Crippen LogP contribution < -0.4 is 4.90 Å². The number of pyridine rings is 1. The first-order valence-electron chi connectivity index (χ1n) is 7.41. The number of hydrogen-bond donors (Lipinski definition) is 0. The van der Waals surface area contributed by atoms with E-state index in [9.17, 15) is 10.1 Å². The van der Waals surface area contributed by atoms with E-state index in [0.717, 1.165) is 0 Å². The molecule has 1 aliphatic rings. The molecule has 22 heavy (non-hydrogen) atoms. The Balaban J connectivity index is 2.08. The summed E-state index contributed by atoms with van der Waals surface area (Å²) in [7, 11) is 0. The molecule has 1 aromatic heterocycles. The number of amides is 1. The van der Waals surface area contributed by atoms with Gasteiger partial charge in [0.15, 0.2) is 0 Å². The van der Waals surface area contributed by atoms with Gasteiger partial charge in [0.25, 0.3) is 0 Å². The third kappa shape index (κ3) is 3.67. The summed E-state index contributed by atoms with van der Waals surface area (Å²) in [5.74, 6) is 0.682. The van der Waals surface area contributed by atoms with E-state index >= 15 is 0 Å². The number of nitriles is 1. The summed E-state index contributed by atoms with van der Waals surface area (Å²) in [6, 6.07) is 5.75. The number of nitrogens with zero attached hydrogens (tertiary/aromatic N) is 4. The Kier molecular flexibility index (Phi) is 4.55. The smallest absolute Gasteiger partial charge is 0.410 e. The van der Waals surface area contributed by atoms with Crippen LogP contribution in [0.3, 0.4) is 0 Å². The molecule has 1 aliphatic heterocycles. The lowest BCUT2D eigenvalue weighted by Gasteiger charge is -2.41. The van der Waals surface area contributed by atoms with Gasteiger partial charge in [-0.25, -0.2) is 9.78 Å². The summed E-state index contributed by atoms with van der Waals surface area (Å²) in [5.41, 5.74) is 0.0620. The van der Waals surface area contributed by atoms with Gasteiger partial charge in [0.05, 0.1) is 5.56 Å². The second-order valence-corrected chi connectivity index (χ2v) is 6.46. The fraction of sp³-hybridized carbons (Fsp3) is 0.562. The second-order valence-electron chi connectivity index (χ2n) is 6.46. The Hall–Kier alpha value is -2.29. The summed E-state index contributed by atoms with van der Waals surface area (Å²) in [6.07, 6.45) is 1.39. The minimum Gasteiger partial charge on any atom is -0.444 e. The number of carbonyl (C=O) groups excluding carboxylic acids is 1. The van der Waals surface area contributed by atoms with Gasteiger partial charge in [0, 0.05) is 31.9 Å². The van der Waals surface area contributed by atoms with Crippen LogP contribution in [-0.4, -0.2) is 47.3 Å². The average Bonchev–Trinajstić information content (AvgIpc) is 2.45. The summed E-state index contributed by atoms with van der Waals surface area (Å²) >= 11 is 0. The van der Waals surface area contributed by atoms with E-state index in [1.54, 1.807) is 23.2 Å². The van der Waals surface area contributed by atoms with Crippen molar-refractivity contribution in [2.75, 3.05) is 24.5 Å². The molecule has 2 rings (SSSR count). The van der Waals surface area contributed by atoms with Crippen LogP contribution in [-0.2, 0) is 4.74 Å². The van der Waals surface area contributed by atoms with Crippen molar-refractivity contribution < 1.29 is 9.53 Å². The normalized spacial score (nSPS) is 18.8. The molecule has 118 valence electrons. The van der Waals surface area contributed by atoms with E-state index in [1.807, 2.05) is 27.7 Å². The molecule has 6 nitrogen and oxygen atoms in total. The van der Waals surface area contributed by atoms with E-state index in [0.29, 0.717) is 31.0 Å². The van der Waals surface area contributed by atoms with Crippen LogP contribution in [0.2, 0.25) is 0 Å². The standard InChI is InChI=1S/C16H22N4O2/c1-12-11-19(15(21)22-16(2,3)4)8-9-20(12)14-13(10-17)6-5-7-18-14/h5-7,12H,8-9,11H2,1-4H3/t12-/m1/s1. The molecule has 6 heteroatoms. The molecule has 1 atom stereocenters. The molecule has 2 heterocycles. The van der Waals surface area contributed by atoms with Gasteiger partial charge in [-0.3, -0.25) is 0 Å². The number of anilines is 1. The Labute approximate surface area is 131 Å². The third-order valence-electron chi connectivity index (χ3n) is 3.46. The maximum absolute atomic E-state index is 12.1. The topological polar surface area (TPSA) is 69.5 Å². The maximum atomic E-state index is 12.1. The zero-order valence-corrected chi connectivity index (χ0v) is 13.5. The lowest BCUT2D eigenvalue weighted by molar-refractivity contribution is 0.0218. The third-order valence-corrected chi connectivity index (χ3v) is 3.46. The minimum absolute atomic E-state index is 0.0725. The van der Waals surface area contributed by atoms with Crippen molar-refractivity contribution in [3.63, 3.8) is 0 Å². The quantitative estimate of drug-likeness (QED) is 0.796. The molecule has 1 saturated heterocycles. The molecule has 0 bridgehead atoms. The van der Waals surface area contributed by atoms with Gasteiger partial charge in [0.2, 0.25) is 0 Å². The highest BCUT2D eigenvalue weighted by Crippen LogP contribution is 2.22. The molecule has 1 amide bonds. The zero-order valence-electron chi connectivity index (χ0n) is 13.5. The molecule has 0 aromatic carbocycles. The predicted molar refractivity (Wildman–Crippen MR) is 83.6 cm³/mol. The number of rotatable bonds is 1. The first-order chi connectivity index (χ1) is 10.3. The van der Waals surface area contributed by atoms with Crippen LogP contribution in [0.15, 0.2) is 18.3 Å². The summed E-state index contributed by atoms with van der Waals surface area (Å²) in [4.78, 5) is 20.2. The molecular weight excluding hydrogens is 280 g/mol. The van der Waals surface area contributed by atoms with Gasteiger partial charge >= 0.3 is 6.09 Å². The SMILES string of the molecule is C[C@@H]1CN(C(=O)OC(C)(C)C)CCN1c1ncccc1C#N. The lowest BCUT2D eigenvalue weighted by Crippen LogP contribution is -2.55. The Morgan fingerprint density at radius 2 is 2.18 bits per heavy atom. The summed E-state index contributed by atoms with van der Waals surface area (Å²) in [6.45, 7) is 9.34. The molecule has 0 aliphatic carbocycles. The van der Waals surface area contributed by atoms with Gasteiger partial charge < -0.3 is 14.5 Å². The van der Waals surface area contributed by atoms with Gasteiger partial charge in [-0.2, -0.15) is 5.26 Å². The number of ether oxygens (including phenoxy) is 1. The van der Waals surface area contributed by atoms with Crippen LogP contribution in [0.5, 0.6) is 0 Å². The molecule has 0 unspecified atom stereocenters. The average molecular weight is 302 g/mol. The Bertz CT molecular complexity index is 589. The van der Waals surface area contributed by atoms with E-state index in [1.165, 1.54) is 0 Å². The molecule has 0 radical (unpaired) electrons. The van der Waals surface area contributed by atoms with Crippen LogP contribution in [0.25, 0.3) is 0 Å². The number of piperazine rings is 1. The Morgan fingerprint density at radius 3 is 2.77 bits per heavy atom. The maximum Gasteiger partial charge on any atom is 0.410 e. The van der Waals surface area contributed by atoms with E-state index in [4.69, 9.17) is 4.74 Å². The van der Waals surface area contributed by atoms with Crippen LogP contribution >= 0.6 is 0 Å².